The predicted molar refractivity (Wildman–Crippen MR) is 82.5 cm³/mol. The summed E-state index contributed by atoms with van der Waals surface area (Å²) in [7, 11) is 0. The van der Waals surface area contributed by atoms with Gasteiger partial charge in [-0.3, -0.25) is 10.1 Å². The third kappa shape index (κ3) is 3.50. The lowest BCUT2D eigenvalue weighted by molar-refractivity contribution is -0.383. The number of carbonyl (C=O) groups is 1. The van der Waals surface area contributed by atoms with Crippen LogP contribution in [0.1, 0.15) is 10.4 Å². The Hall–Kier alpha value is -2.12. The molecule has 2 aromatic rings. The predicted octanol–water partition coefficient (Wildman–Crippen LogP) is 4.45. The molecule has 0 saturated heterocycles. The van der Waals surface area contributed by atoms with E-state index in [-0.39, 0.29) is 16.9 Å². The van der Waals surface area contributed by atoms with Crippen molar-refractivity contribution < 1.29 is 14.8 Å². The molecule has 0 radical (unpaired) electrons. The zero-order valence-corrected chi connectivity index (χ0v) is 12.7. The van der Waals surface area contributed by atoms with E-state index in [1.165, 1.54) is 12.1 Å². The maximum Gasteiger partial charge on any atom is 0.335 e. The summed E-state index contributed by atoms with van der Waals surface area (Å²) < 4.78 is 0.638. The number of carboxylic acids is 1. The van der Waals surface area contributed by atoms with Crippen LogP contribution in [-0.2, 0) is 0 Å². The normalized spacial score (nSPS) is 10.2. The van der Waals surface area contributed by atoms with E-state index in [1.807, 2.05) is 0 Å². The lowest BCUT2D eigenvalue weighted by atomic mass is 10.1. The number of anilines is 2. The Morgan fingerprint density at radius 3 is 2.57 bits per heavy atom. The molecule has 0 unspecified atom stereocenters. The molecule has 0 amide bonds. The summed E-state index contributed by atoms with van der Waals surface area (Å²) in [6.07, 6.45) is 0. The van der Waals surface area contributed by atoms with Crippen LogP contribution in [0.5, 0.6) is 0 Å². The molecule has 2 rings (SSSR count). The van der Waals surface area contributed by atoms with E-state index in [1.54, 1.807) is 18.2 Å². The Morgan fingerprint density at radius 2 is 2.00 bits per heavy atom. The quantitative estimate of drug-likeness (QED) is 0.612. The zero-order chi connectivity index (χ0) is 15.6. The SMILES string of the molecule is O=C(O)c1ccc(Nc2ccc(Cl)c(Br)c2)c([N+](=O)[O-])c1. The average Bonchev–Trinajstić information content (AvgIpc) is 2.43. The van der Waals surface area contributed by atoms with Gasteiger partial charge in [-0.15, -0.1) is 0 Å². The summed E-state index contributed by atoms with van der Waals surface area (Å²) in [6, 6.07) is 8.60. The summed E-state index contributed by atoms with van der Waals surface area (Å²) in [5.41, 5.74) is 0.308. The van der Waals surface area contributed by atoms with Gasteiger partial charge in [0, 0.05) is 16.2 Å². The van der Waals surface area contributed by atoms with Gasteiger partial charge in [0.2, 0.25) is 0 Å². The third-order valence-corrected chi connectivity index (χ3v) is 3.85. The first-order valence-electron chi connectivity index (χ1n) is 5.62. The first kappa shape index (κ1) is 15.3. The molecule has 2 aromatic carbocycles. The van der Waals surface area contributed by atoms with Crippen LogP contribution in [0.4, 0.5) is 17.1 Å². The van der Waals surface area contributed by atoms with E-state index in [2.05, 4.69) is 21.2 Å². The maximum atomic E-state index is 11.1. The van der Waals surface area contributed by atoms with Crippen molar-refractivity contribution in [3.05, 3.63) is 61.6 Å². The summed E-state index contributed by atoms with van der Waals surface area (Å²) >= 11 is 9.13. The minimum Gasteiger partial charge on any atom is -0.478 e. The van der Waals surface area contributed by atoms with Gasteiger partial charge >= 0.3 is 5.97 Å². The van der Waals surface area contributed by atoms with Crippen molar-refractivity contribution >= 4 is 50.6 Å². The van der Waals surface area contributed by atoms with Crippen LogP contribution in [-0.4, -0.2) is 16.0 Å². The fourth-order valence-electron chi connectivity index (χ4n) is 1.65. The molecule has 21 heavy (non-hydrogen) atoms. The van der Waals surface area contributed by atoms with Crippen LogP contribution in [0.15, 0.2) is 40.9 Å². The highest BCUT2D eigenvalue weighted by Gasteiger charge is 2.17. The number of aromatic carboxylic acids is 1. The average molecular weight is 372 g/mol. The molecular weight excluding hydrogens is 364 g/mol. The number of nitrogens with one attached hydrogen (secondary N) is 1. The first-order chi connectivity index (χ1) is 9.88. The van der Waals surface area contributed by atoms with Gasteiger partial charge < -0.3 is 10.4 Å². The van der Waals surface area contributed by atoms with Gasteiger partial charge in [-0.05, 0) is 46.3 Å². The molecule has 0 atom stereocenters. The van der Waals surface area contributed by atoms with Crippen LogP contribution in [0.25, 0.3) is 0 Å². The van der Waals surface area contributed by atoms with Crippen molar-refractivity contribution in [3.8, 4) is 0 Å². The standard InChI is InChI=1S/C13H8BrClN2O4/c14-9-6-8(2-3-10(9)15)16-11-4-1-7(13(18)19)5-12(11)17(20)21/h1-6,16H,(H,18,19). The van der Waals surface area contributed by atoms with Crippen LogP contribution in [0, 0.1) is 10.1 Å². The van der Waals surface area contributed by atoms with Crippen molar-refractivity contribution in [2.24, 2.45) is 0 Å². The number of carboxylic acid groups (broad SMARTS) is 1. The molecule has 0 aromatic heterocycles. The summed E-state index contributed by atoms with van der Waals surface area (Å²) in [4.78, 5) is 21.3. The van der Waals surface area contributed by atoms with Crippen LogP contribution >= 0.6 is 27.5 Å². The summed E-state index contributed by atoms with van der Waals surface area (Å²) in [5, 5.41) is 23.3. The van der Waals surface area contributed by atoms with E-state index in [9.17, 15) is 14.9 Å². The fraction of sp³-hybridized carbons (Fsp3) is 0. The molecule has 0 aliphatic heterocycles. The molecule has 8 heteroatoms. The minimum absolute atomic E-state index is 0.149. The van der Waals surface area contributed by atoms with Crippen LogP contribution in [0.2, 0.25) is 5.02 Å². The number of rotatable bonds is 4. The molecule has 0 spiro atoms. The van der Waals surface area contributed by atoms with E-state index in [0.29, 0.717) is 15.2 Å². The summed E-state index contributed by atoms with van der Waals surface area (Å²) in [5.74, 6) is -1.22. The number of benzene rings is 2. The smallest absolute Gasteiger partial charge is 0.335 e. The van der Waals surface area contributed by atoms with Crippen molar-refractivity contribution in [1.29, 1.82) is 0 Å². The Bertz CT molecular complexity index is 736. The maximum absolute atomic E-state index is 11.1. The first-order valence-corrected chi connectivity index (χ1v) is 6.79. The number of nitrogens with zero attached hydrogens (tertiary/aromatic N) is 1. The Kier molecular flexibility index (Phi) is 4.44. The Balaban J connectivity index is 2.41. The van der Waals surface area contributed by atoms with Gasteiger partial charge in [-0.2, -0.15) is 0 Å². The van der Waals surface area contributed by atoms with Gasteiger partial charge in [0.25, 0.3) is 5.69 Å². The van der Waals surface area contributed by atoms with Crippen molar-refractivity contribution in [2.45, 2.75) is 0 Å². The number of nitro benzene ring substituents is 1. The van der Waals surface area contributed by atoms with E-state index in [0.717, 1.165) is 6.07 Å². The van der Waals surface area contributed by atoms with Crippen molar-refractivity contribution in [3.63, 3.8) is 0 Å². The van der Waals surface area contributed by atoms with E-state index in [4.69, 9.17) is 16.7 Å². The zero-order valence-electron chi connectivity index (χ0n) is 10.3. The van der Waals surface area contributed by atoms with Crippen LogP contribution in [0.3, 0.4) is 0 Å². The lowest BCUT2D eigenvalue weighted by Crippen LogP contribution is -2.01. The number of nitro groups is 1. The summed E-state index contributed by atoms with van der Waals surface area (Å²) in [6.45, 7) is 0. The molecule has 2 N–H and O–H groups in total. The molecule has 0 bridgehead atoms. The highest BCUT2D eigenvalue weighted by atomic mass is 79.9. The van der Waals surface area contributed by atoms with Crippen molar-refractivity contribution in [2.75, 3.05) is 5.32 Å². The number of halogens is 2. The fourth-order valence-corrected chi connectivity index (χ4v) is 2.15. The van der Waals surface area contributed by atoms with Gasteiger partial charge in [-0.25, -0.2) is 4.79 Å². The van der Waals surface area contributed by atoms with E-state index >= 15 is 0 Å². The molecular formula is C13H8BrClN2O4. The third-order valence-electron chi connectivity index (χ3n) is 2.64. The topological polar surface area (TPSA) is 92.5 Å². The highest BCUT2D eigenvalue weighted by Crippen LogP contribution is 2.31. The molecule has 0 aliphatic rings. The molecule has 0 fully saturated rings. The Labute approximate surface area is 132 Å². The van der Waals surface area contributed by atoms with Crippen molar-refractivity contribution in [1.82, 2.24) is 0 Å². The lowest BCUT2D eigenvalue weighted by Gasteiger charge is -2.08. The van der Waals surface area contributed by atoms with Crippen LogP contribution < -0.4 is 5.32 Å². The molecule has 0 heterocycles. The second kappa shape index (κ2) is 6.11. The highest BCUT2D eigenvalue weighted by molar-refractivity contribution is 9.10. The molecule has 6 nitrogen and oxygen atoms in total. The molecule has 0 aliphatic carbocycles. The Morgan fingerprint density at radius 1 is 1.29 bits per heavy atom. The second-order valence-corrected chi connectivity index (χ2v) is 5.31. The number of hydrogen-bond acceptors (Lipinski definition) is 4. The van der Waals surface area contributed by atoms with E-state index < -0.39 is 10.9 Å². The molecule has 0 saturated carbocycles. The largest absolute Gasteiger partial charge is 0.478 e. The van der Waals surface area contributed by atoms with Gasteiger partial charge in [0.05, 0.1) is 15.5 Å². The minimum atomic E-state index is -1.22. The van der Waals surface area contributed by atoms with Gasteiger partial charge in [0.1, 0.15) is 5.69 Å². The number of hydrogen-bond donors (Lipinski definition) is 2. The monoisotopic (exact) mass is 370 g/mol. The van der Waals surface area contributed by atoms with Gasteiger partial charge in [-0.1, -0.05) is 11.6 Å². The second-order valence-electron chi connectivity index (χ2n) is 4.05. The van der Waals surface area contributed by atoms with Gasteiger partial charge in [0.15, 0.2) is 0 Å². The molecule has 108 valence electrons.